The molecule has 1 saturated heterocycles. The van der Waals surface area contributed by atoms with E-state index in [0.717, 1.165) is 12.1 Å². The van der Waals surface area contributed by atoms with Gasteiger partial charge >= 0.3 is 0 Å². The number of hydrogen-bond acceptors (Lipinski definition) is 6. The van der Waals surface area contributed by atoms with Crippen LogP contribution in [-0.4, -0.2) is 46.4 Å². The first-order chi connectivity index (χ1) is 16.6. The van der Waals surface area contributed by atoms with Crippen molar-refractivity contribution >= 4 is 39.0 Å². The van der Waals surface area contributed by atoms with Crippen molar-refractivity contribution in [3.05, 3.63) is 81.2 Å². The fourth-order valence-corrected chi connectivity index (χ4v) is 5.50. The number of carbonyl (C=O) groups excluding carboxylic acids is 1. The summed E-state index contributed by atoms with van der Waals surface area (Å²) in [4.78, 5) is 22.9. The zero-order valence-corrected chi connectivity index (χ0v) is 19.9. The van der Waals surface area contributed by atoms with Gasteiger partial charge in [-0.05, 0) is 31.0 Å². The van der Waals surface area contributed by atoms with E-state index in [1.165, 1.54) is 33.4 Å². The molecule has 4 rings (SSSR count). The SMILES string of the molecule is O=C(Nc1nn(Cc2ccccc2F)cc1Cl)C1CCN(S(=O)(=O)c2ccc([N+](=O)[O-])cc2)CC1. The van der Waals surface area contributed by atoms with E-state index >= 15 is 0 Å². The summed E-state index contributed by atoms with van der Waals surface area (Å²) in [5.74, 6) is -1.02. The Balaban J connectivity index is 1.36. The Morgan fingerprint density at radius 2 is 1.83 bits per heavy atom. The molecule has 0 unspecified atom stereocenters. The molecule has 1 amide bonds. The van der Waals surface area contributed by atoms with E-state index in [2.05, 4.69) is 10.4 Å². The molecule has 0 spiro atoms. The minimum atomic E-state index is -3.84. The van der Waals surface area contributed by atoms with Crippen LogP contribution in [0.2, 0.25) is 5.02 Å². The number of nitro groups is 1. The van der Waals surface area contributed by atoms with Gasteiger partial charge in [0.05, 0.1) is 16.4 Å². The monoisotopic (exact) mass is 521 g/mol. The number of anilines is 1. The zero-order valence-electron chi connectivity index (χ0n) is 18.3. The first-order valence-corrected chi connectivity index (χ1v) is 12.5. The molecule has 0 radical (unpaired) electrons. The van der Waals surface area contributed by atoms with Crippen LogP contribution >= 0.6 is 11.6 Å². The van der Waals surface area contributed by atoms with E-state index in [9.17, 15) is 27.7 Å². The summed E-state index contributed by atoms with van der Waals surface area (Å²) in [7, 11) is -3.84. The molecule has 10 nitrogen and oxygen atoms in total. The van der Waals surface area contributed by atoms with Gasteiger partial charge in [0, 0.05) is 42.9 Å². The molecule has 2 aromatic carbocycles. The standard InChI is InChI=1S/C22H21ClFN5O5S/c23-19-14-27(13-16-3-1-2-4-20(16)24)26-21(19)25-22(30)15-9-11-28(12-10-15)35(33,34)18-7-5-17(6-8-18)29(31)32/h1-8,14-15H,9-13H2,(H,25,26,30). The molecule has 1 aliphatic rings. The number of amides is 1. The van der Waals surface area contributed by atoms with Gasteiger partial charge in [-0.3, -0.25) is 19.6 Å². The second kappa shape index (κ2) is 10.1. The molecular weight excluding hydrogens is 501 g/mol. The van der Waals surface area contributed by atoms with E-state index in [-0.39, 0.29) is 65.6 Å². The van der Waals surface area contributed by atoms with Crippen LogP contribution in [-0.2, 0) is 21.4 Å². The topological polar surface area (TPSA) is 127 Å². The van der Waals surface area contributed by atoms with Crippen LogP contribution in [0.4, 0.5) is 15.9 Å². The predicted molar refractivity (Wildman–Crippen MR) is 126 cm³/mol. The summed E-state index contributed by atoms with van der Waals surface area (Å²) in [6.07, 6.45) is 2.06. The van der Waals surface area contributed by atoms with Crippen LogP contribution in [0.1, 0.15) is 18.4 Å². The molecule has 0 bridgehead atoms. The Morgan fingerprint density at radius 3 is 2.46 bits per heavy atom. The van der Waals surface area contributed by atoms with Crippen molar-refractivity contribution in [2.24, 2.45) is 5.92 Å². The molecule has 2 heterocycles. The van der Waals surface area contributed by atoms with Gasteiger partial charge in [0.2, 0.25) is 15.9 Å². The van der Waals surface area contributed by atoms with E-state index in [4.69, 9.17) is 11.6 Å². The molecule has 35 heavy (non-hydrogen) atoms. The van der Waals surface area contributed by atoms with E-state index < -0.39 is 20.9 Å². The van der Waals surface area contributed by atoms with Crippen molar-refractivity contribution in [2.45, 2.75) is 24.3 Å². The lowest BCUT2D eigenvalue weighted by atomic mass is 9.97. The smallest absolute Gasteiger partial charge is 0.269 e. The number of aromatic nitrogens is 2. The van der Waals surface area contributed by atoms with Gasteiger partial charge in [-0.2, -0.15) is 9.40 Å². The number of sulfonamides is 1. The van der Waals surface area contributed by atoms with Crippen LogP contribution < -0.4 is 5.32 Å². The summed E-state index contributed by atoms with van der Waals surface area (Å²) < 4.78 is 42.3. The molecule has 1 N–H and O–H groups in total. The van der Waals surface area contributed by atoms with Crippen molar-refractivity contribution in [2.75, 3.05) is 18.4 Å². The van der Waals surface area contributed by atoms with Crippen LogP contribution in [0.25, 0.3) is 0 Å². The molecule has 13 heteroatoms. The van der Waals surface area contributed by atoms with Crippen molar-refractivity contribution in [1.29, 1.82) is 0 Å². The maximum atomic E-state index is 13.9. The van der Waals surface area contributed by atoms with Crippen LogP contribution in [0, 0.1) is 21.8 Å². The molecule has 0 saturated carbocycles. The fourth-order valence-electron chi connectivity index (χ4n) is 3.83. The van der Waals surface area contributed by atoms with Gasteiger partial charge in [-0.1, -0.05) is 29.8 Å². The summed E-state index contributed by atoms with van der Waals surface area (Å²) in [5.41, 5.74) is 0.223. The Hall–Kier alpha value is -3.35. The van der Waals surface area contributed by atoms with Gasteiger partial charge in [0.25, 0.3) is 5.69 Å². The highest BCUT2D eigenvalue weighted by molar-refractivity contribution is 7.89. The number of nitro benzene ring substituents is 1. The molecule has 3 aromatic rings. The summed E-state index contributed by atoms with van der Waals surface area (Å²) in [5, 5.41) is 17.9. The third kappa shape index (κ3) is 5.50. The maximum absolute atomic E-state index is 13.9. The van der Waals surface area contributed by atoms with Gasteiger partial charge in [-0.25, -0.2) is 12.8 Å². The first kappa shape index (κ1) is 24.8. The Kier molecular flexibility index (Phi) is 7.15. The molecule has 0 aliphatic carbocycles. The number of nitrogens with one attached hydrogen (secondary N) is 1. The zero-order chi connectivity index (χ0) is 25.2. The summed E-state index contributed by atoms with van der Waals surface area (Å²) in [6.45, 7) is 0.376. The number of piperidine rings is 1. The molecule has 1 fully saturated rings. The Morgan fingerprint density at radius 1 is 1.17 bits per heavy atom. The average molecular weight is 522 g/mol. The third-order valence-corrected chi connectivity index (χ3v) is 7.95. The average Bonchev–Trinajstić information content (AvgIpc) is 3.19. The van der Waals surface area contributed by atoms with Crippen molar-refractivity contribution < 1.29 is 22.5 Å². The molecule has 1 aromatic heterocycles. The number of rotatable bonds is 7. The number of nitrogens with zero attached hydrogens (tertiary/aromatic N) is 4. The van der Waals surface area contributed by atoms with Crippen molar-refractivity contribution in [3.8, 4) is 0 Å². The van der Waals surface area contributed by atoms with E-state index in [1.54, 1.807) is 18.2 Å². The molecular formula is C22H21ClFN5O5S. The second-order valence-electron chi connectivity index (χ2n) is 8.03. The normalized spacial score (nSPS) is 15.1. The lowest BCUT2D eigenvalue weighted by Gasteiger charge is -2.30. The highest BCUT2D eigenvalue weighted by Gasteiger charge is 2.32. The van der Waals surface area contributed by atoms with Crippen LogP contribution in [0.5, 0.6) is 0 Å². The number of non-ortho nitro benzene ring substituents is 1. The van der Waals surface area contributed by atoms with Gasteiger partial charge in [0.1, 0.15) is 10.8 Å². The van der Waals surface area contributed by atoms with Gasteiger partial charge < -0.3 is 5.32 Å². The number of benzene rings is 2. The highest BCUT2D eigenvalue weighted by atomic mass is 35.5. The third-order valence-electron chi connectivity index (χ3n) is 5.76. The van der Waals surface area contributed by atoms with Gasteiger partial charge in [0.15, 0.2) is 5.82 Å². The lowest BCUT2D eigenvalue weighted by Crippen LogP contribution is -2.41. The minimum Gasteiger partial charge on any atom is -0.308 e. The van der Waals surface area contributed by atoms with Gasteiger partial charge in [-0.15, -0.1) is 0 Å². The predicted octanol–water partition coefficient (Wildman–Crippen LogP) is 3.67. The minimum absolute atomic E-state index is 0.0434. The highest BCUT2D eigenvalue weighted by Crippen LogP contribution is 2.27. The Labute approximate surface area is 205 Å². The molecule has 0 atom stereocenters. The first-order valence-electron chi connectivity index (χ1n) is 10.7. The lowest BCUT2D eigenvalue weighted by molar-refractivity contribution is -0.384. The largest absolute Gasteiger partial charge is 0.308 e. The number of carbonyl (C=O) groups is 1. The van der Waals surface area contributed by atoms with Crippen LogP contribution in [0.3, 0.4) is 0 Å². The Bertz CT molecular complexity index is 1350. The molecule has 1 aliphatic heterocycles. The van der Waals surface area contributed by atoms with Crippen molar-refractivity contribution in [3.63, 3.8) is 0 Å². The van der Waals surface area contributed by atoms with Crippen LogP contribution in [0.15, 0.2) is 59.6 Å². The second-order valence-corrected chi connectivity index (χ2v) is 10.4. The quantitative estimate of drug-likeness (QED) is 0.373. The van der Waals surface area contributed by atoms with Crippen molar-refractivity contribution in [1.82, 2.24) is 14.1 Å². The summed E-state index contributed by atoms with van der Waals surface area (Å²) >= 11 is 6.19. The maximum Gasteiger partial charge on any atom is 0.269 e. The fraction of sp³-hybridized carbons (Fsp3) is 0.273. The molecule has 184 valence electrons. The van der Waals surface area contributed by atoms with E-state index in [1.807, 2.05) is 0 Å². The number of hydrogen-bond donors (Lipinski definition) is 1. The summed E-state index contributed by atoms with van der Waals surface area (Å²) in [6, 6.07) is 10.9. The number of halogens is 2. The van der Waals surface area contributed by atoms with E-state index in [0.29, 0.717) is 5.56 Å².